The molecule has 1 atom stereocenters. The third-order valence-electron chi connectivity index (χ3n) is 2.35. The van der Waals surface area contributed by atoms with Gasteiger partial charge in [0.05, 0.1) is 6.07 Å². The lowest BCUT2D eigenvalue weighted by Gasteiger charge is -2.19. The van der Waals surface area contributed by atoms with Crippen LogP contribution in [-0.2, 0) is 0 Å². The van der Waals surface area contributed by atoms with Gasteiger partial charge in [0.2, 0.25) is 0 Å². The Hall–Kier alpha value is -1.06. The van der Waals surface area contributed by atoms with Crippen molar-refractivity contribution in [3.63, 3.8) is 0 Å². The zero-order chi connectivity index (χ0) is 10.0. The van der Waals surface area contributed by atoms with Crippen molar-refractivity contribution >= 4 is 11.8 Å². The third-order valence-corrected chi connectivity index (χ3v) is 3.45. The fourth-order valence-electron chi connectivity index (χ4n) is 1.29. The van der Waals surface area contributed by atoms with Crippen molar-refractivity contribution in [2.24, 2.45) is 11.7 Å². The molecule has 1 fully saturated rings. The number of nitrogens with two attached hydrogens (primary N) is 1. The van der Waals surface area contributed by atoms with Crippen LogP contribution in [0.25, 0.3) is 0 Å². The Morgan fingerprint density at radius 3 is 3.07 bits per heavy atom. The molecule has 1 aromatic rings. The second kappa shape index (κ2) is 3.59. The average Bonchev–Trinajstić information content (AvgIpc) is 2.94. The van der Waals surface area contributed by atoms with Crippen molar-refractivity contribution in [2.45, 2.75) is 23.5 Å². The van der Waals surface area contributed by atoms with Crippen LogP contribution in [0.5, 0.6) is 0 Å². The predicted octanol–water partition coefficient (Wildman–Crippen LogP) is 0.528. The van der Waals surface area contributed by atoms with Crippen molar-refractivity contribution in [3.8, 4) is 6.07 Å². The Kier molecular flexibility index (Phi) is 2.44. The van der Waals surface area contributed by atoms with Gasteiger partial charge in [0.1, 0.15) is 11.9 Å². The van der Waals surface area contributed by atoms with Gasteiger partial charge in [-0.25, -0.2) is 4.98 Å². The van der Waals surface area contributed by atoms with E-state index in [1.807, 2.05) is 0 Å². The van der Waals surface area contributed by atoms with Gasteiger partial charge in [0.15, 0.2) is 5.16 Å². The third kappa shape index (κ3) is 1.89. The molecule has 0 aliphatic heterocycles. The Morgan fingerprint density at radius 2 is 2.57 bits per heavy atom. The molecule has 0 saturated heterocycles. The molecule has 1 aliphatic rings. The van der Waals surface area contributed by atoms with E-state index in [9.17, 15) is 0 Å². The lowest BCUT2D eigenvalue weighted by atomic mass is 10.00. The number of nitrogens with one attached hydrogen (secondary N) is 1. The quantitative estimate of drug-likeness (QED) is 0.706. The van der Waals surface area contributed by atoms with Crippen molar-refractivity contribution in [3.05, 3.63) is 6.33 Å². The van der Waals surface area contributed by atoms with Crippen LogP contribution in [0.4, 0.5) is 0 Å². The monoisotopic (exact) mass is 209 g/mol. The fraction of sp³-hybridized carbons (Fsp3) is 0.625. The maximum Gasteiger partial charge on any atom is 0.183 e. The summed E-state index contributed by atoms with van der Waals surface area (Å²) >= 11 is 1.45. The molecular weight excluding hydrogens is 198 g/mol. The highest BCUT2D eigenvalue weighted by Crippen LogP contribution is 2.40. The van der Waals surface area contributed by atoms with Crippen LogP contribution in [0.1, 0.15) is 12.8 Å². The zero-order valence-electron chi connectivity index (χ0n) is 7.60. The zero-order valence-corrected chi connectivity index (χ0v) is 8.42. The standard InChI is InChI=1S/C8H11N5S/c9-3-8(10,6-1-2-6)4-14-7-11-5-12-13-7/h5-6H,1-2,4,10H2,(H,11,12,13). The predicted molar refractivity (Wildman–Crippen MR) is 52.4 cm³/mol. The molecule has 2 rings (SSSR count). The molecule has 3 N–H and O–H groups in total. The van der Waals surface area contributed by atoms with Crippen LogP contribution in [0, 0.1) is 17.2 Å². The summed E-state index contributed by atoms with van der Waals surface area (Å²) in [5.74, 6) is 0.937. The highest BCUT2D eigenvalue weighted by atomic mass is 32.2. The van der Waals surface area contributed by atoms with E-state index in [2.05, 4.69) is 21.3 Å². The van der Waals surface area contributed by atoms with Crippen molar-refractivity contribution in [2.75, 3.05) is 5.75 Å². The average molecular weight is 209 g/mol. The van der Waals surface area contributed by atoms with Gasteiger partial charge in [0, 0.05) is 5.75 Å². The summed E-state index contributed by atoms with van der Waals surface area (Å²) in [5, 5.41) is 16.2. The van der Waals surface area contributed by atoms with Crippen molar-refractivity contribution in [1.29, 1.82) is 5.26 Å². The van der Waals surface area contributed by atoms with Crippen molar-refractivity contribution in [1.82, 2.24) is 15.2 Å². The van der Waals surface area contributed by atoms with Crippen LogP contribution in [0.3, 0.4) is 0 Å². The van der Waals surface area contributed by atoms with Gasteiger partial charge in [-0.2, -0.15) is 10.4 Å². The molecule has 74 valence electrons. The van der Waals surface area contributed by atoms with Gasteiger partial charge in [-0.1, -0.05) is 11.8 Å². The molecule has 0 aromatic carbocycles. The van der Waals surface area contributed by atoms with Crippen LogP contribution in [-0.4, -0.2) is 26.5 Å². The summed E-state index contributed by atoms with van der Waals surface area (Å²) < 4.78 is 0. The number of hydrogen-bond acceptors (Lipinski definition) is 5. The first-order valence-corrected chi connectivity index (χ1v) is 5.41. The van der Waals surface area contributed by atoms with Crippen LogP contribution >= 0.6 is 11.8 Å². The van der Waals surface area contributed by atoms with Crippen LogP contribution < -0.4 is 5.73 Å². The minimum Gasteiger partial charge on any atom is -0.312 e. The molecular formula is C8H11N5S. The lowest BCUT2D eigenvalue weighted by molar-refractivity contribution is 0.532. The van der Waals surface area contributed by atoms with E-state index in [-0.39, 0.29) is 0 Å². The van der Waals surface area contributed by atoms with E-state index in [4.69, 9.17) is 11.0 Å². The second-order valence-electron chi connectivity index (χ2n) is 3.51. The van der Waals surface area contributed by atoms with Gasteiger partial charge < -0.3 is 5.73 Å². The molecule has 1 aliphatic carbocycles. The number of aromatic amines is 1. The van der Waals surface area contributed by atoms with E-state index < -0.39 is 5.54 Å². The van der Waals surface area contributed by atoms with E-state index in [0.29, 0.717) is 11.7 Å². The number of H-pyrrole nitrogens is 1. The highest BCUT2D eigenvalue weighted by Gasteiger charge is 2.42. The number of hydrogen-bond donors (Lipinski definition) is 2. The topological polar surface area (TPSA) is 91.4 Å². The second-order valence-corrected chi connectivity index (χ2v) is 4.47. The molecule has 1 saturated carbocycles. The van der Waals surface area contributed by atoms with Crippen LogP contribution in [0.15, 0.2) is 11.5 Å². The van der Waals surface area contributed by atoms with E-state index in [1.54, 1.807) is 0 Å². The first kappa shape index (κ1) is 9.49. The van der Waals surface area contributed by atoms with Gasteiger partial charge in [0.25, 0.3) is 0 Å². The van der Waals surface area contributed by atoms with E-state index in [0.717, 1.165) is 18.0 Å². The smallest absolute Gasteiger partial charge is 0.183 e. The fourth-order valence-corrected chi connectivity index (χ4v) is 2.21. The largest absolute Gasteiger partial charge is 0.312 e. The van der Waals surface area contributed by atoms with Crippen molar-refractivity contribution < 1.29 is 0 Å². The van der Waals surface area contributed by atoms with E-state index >= 15 is 0 Å². The lowest BCUT2D eigenvalue weighted by Crippen LogP contribution is -2.43. The van der Waals surface area contributed by atoms with E-state index in [1.165, 1.54) is 18.1 Å². The molecule has 6 heteroatoms. The number of rotatable bonds is 4. The number of thioether (sulfide) groups is 1. The molecule has 0 amide bonds. The number of nitrogens with zero attached hydrogens (tertiary/aromatic N) is 3. The molecule has 14 heavy (non-hydrogen) atoms. The first-order chi connectivity index (χ1) is 6.74. The molecule has 1 unspecified atom stereocenters. The Balaban J connectivity index is 1.93. The minimum absolute atomic E-state index is 0.364. The Bertz CT molecular complexity index is 339. The highest BCUT2D eigenvalue weighted by molar-refractivity contribution is 7.99. The summed E-state index contributed by atoms with van der Waals surface area (Å²) in [4.78, 5) is 3.96. The van der Waals surface area contributed by atoms with Gasteiger partial charge in [-0.15, -0.1) is 0 Å². The maximum atomic E-state index is 8.99. The summed E-state index contributed by atoms with van der Waals surface area (Å²) in [6.07, 6.45) is 3.59. The summed E-state index contributed by atoms with van der Waals surface area (Å²) in [7, 11) is 0. The van der Waals surface area contributed by atoms with Gasteiger partial charge >= 0.3 is 0 Å². The normalized spacial score (nSPS) is 20.0. The van der Waals surface area contributed by atoms with Crippen LogP contribution in [0.2, 0.25) is 0 Å². The van der Waals surface area contributed by atoms with Gasteiger partial charge in [-0.3, -0.25) is 5.10 Å². The first-order valence-electron chi connectivity index (χ1n) is 4.43. The Labute approximate surface area is 86.1 Å². The van der Waals surface area contributed by atoms with Gasteiger partial charge in [-0.05, 0) is 18.8 Å². The number of aromatic nitrogens is 3. The minimum atomic E-state index is -0.697. The SMILES string of the molecule is N#CC(N)(CSc1ncn[nH]1)C1CC1. The molecule has 0 spiro atoms. The summed E-state index contributed by atoms with van der Waals surface area (Å²) in [5.41, 5.74) is 5.28. The molecule has 5 nitrogen and oxygen atoms in total. The molecule has 0 radical (unpaired) electrons. The maximum absolute atomic E-state index is 8.99. The summed E-state index contributed by atoms with van der Waals surface area (Å²) in [6.45, 7) is 0. The Morgan fingerprint density at radius 1 is 1.79 bits per heavy atom. The summed E-state index contributed by atoms with van der Waals surface area (Å²) in [6, 6.07) is 2.20. The molecule has 1 aromatic heterocycles. The molecule has 1 heterocycles. The molecule has 0 bridgehead atoms. The number of nitriles is 1.